The number of phenols is 1. The lowest BCUT2D eigenvalue weighted by Gasteiger charge is -2.34. The van der Waals surface area contributed by atoms with Crippen LogP contribution in [0.1, 0.15) is 24.5 Å². The lowest BCUT2D eigenvalue weighted by atomic mass is 10.0. The van der Waals surface area contributed by atoms with Gasteiger partial charge < -0.3 is 10.4 Å². The van der Waals surface area contributed by atoms with Gasteiger partial charge in [0.2, 0.25) is 0 Å². The van der Waals surface area contributed by atoms with Gasteiger partial charge in [0.15, 0.2) is 10.8 Å². The van der Waals surface area contributed by atoms with Gasteiger partial charge in [-0.15, -0.1) is 5.10 Å². The highest BCUT2D eigenvalue weighted by Crippen LogP contribution is 2.31. The molecule has 4 rings (SSSR count). The topological polar surface area (TPSA) is 66.2 Å². The predicted molar refractivity (Wildman–Crippen MR) is 107 cm³/mol. The molecule has 1 saturated heterocycles. The molecular formula is C19H24FN5OS. The Kier molecular flexibility index (Phi) is 4.77. The van der Waals surface area contributed by atoms with Crippen molar-refractivity contribution in [2.24, 2.45) is 0 Å². The van der Waals surface area contributed by atoms with Crippen LogP contribution >= 0.6 is 11.3 Å². The number of anilines is 1. The Morgan fingerprint density at radius 2 is 2.15 bits per heavy atom. The van der Waals surface area contributed by atoms with Crippen LogP contribution in [0.15, 0.2) is 18.3 Å². The maximum absolute atomic E-state index is 13.9. The molecule has 1 fully saturated rings. The number of alkyl halides is 1. The summed E-state index contributed by atoms with van der Waals surface area (Å²) in [6, 6.07) is 3.80. The largest absolute Gasteiger partial charge is 0.506 e. The highest BCUT2D eigenvalue weighted by Gasteiger charge is 2.27. The van der Waals surface area contributed by atoms with E-state index >= 15 is 0 Å². The molecule has 0 aliphatic carbocycles. The molecule has 0 spiro atoms. The summed E-state index contributed by atoms with van der Waals surface area (Å²) in [5.41, 5.74) is 3.26. The minimum Gasteiger partial charge on any atom is -0.506 e. The zero-order valence-corrected chi connectivity index (χ0v) is 16.6. The van der Waals surface area contributed by atoms with E-state index in [0.717, 1.165) is 34.0 Å². The van der Waals surface area contributed by atoms with Gasteiger partial charge >= 0.3 is 0 Å². The first-order chi connectivity index (χ1) is 12.9. The van der Waals surface area contributed by atoms with Crippen molar-refractivity contribution >= 4 is 26.8 Å². The van der Waals surface area contributed by atoms with E-state index in [1.807, 2.05) is 26.1 Å². The van der Waals surface area contributed by atoms with E-state index in [4.69, 9.17) is 0 Å². The van der Waals surface area contributed by atoms with Gasteiger partial charge in [0.25, 0.3) is 0 Å². The molecule has 1 aliphatic rings. The van der Waals surface area contributed by atoms with Crippen LogP contribution in [-0.2, 0) is 0 Å². The van der Waals surface area contributed by atoms with Crippen molar-refractivity contribution in [3.05, 3.63) is 29.5 Å². The van der Waals surface area contributed by atoms with E-state index in [1.54, 1.807) is 10.7 Å². The van der Waals surface area contributed by atoms with Crippen LogP contribution in [0.4, 0.5) is 9.52 Å². The minimum absolute atomic E-state index is 0.0551. The normalized spacial score (nSPS) is 21.0. The lowest BCUT2D eigenvalue weighted by molar-refractivity contribution is 0.134. The Morgan fingerprint density at radius 1 is 1.33 bits per heavy atom. The first-order valence-corrected chi connectivity index (χ1v) is 10.0. The van der Waals surface area contributed by atoms with Gasteiger partial charge in [0.05, 0.1) is 10.9 Å². The molecule has 1 aliphatic heterocycles. The summed E-state index contributed by atoms with van der Waals surface area (Å²) in [5.74, 6) is 0.205. The Labute approximate surface area is 161 Å². The molecule has 0 saturated carbocycles. The molecule has 6 nitrogen and oxygen atoms in total. The minimum atomic E-state index is -0.803. The summed E-state index contributed by atoms with van der Waals surface area (Å²) in [4.78, 5) is 6.68. The predicted octanol–water partition coefficient (Wildman–Crippen LogP) is 3.65. The highest BCUT2D eigenvalue weighted by atomic mass is 32.1. The summed E-state index contributed by atoms with van der Waals surface area (Å²) >= 11 is 1.50. The number of piperidine rings is 1. The second-order valence-corrected chi connectivity index (χ2v) is 8.29. The molecule has 0 unspecified atom stereocenters. The number of nitrogens with one attached hydrogen (secondary N) is 1. The Morgan fingerprint density at radius 3 is 2.85 bits per heavy atom. The van der Waals surface area contributed by atoms with Crippen LogP contribution in [0, 0.1) is 13.8 Å². The van der Waals surface area contributed by atoms with Crippen LogP contribution in [0.5, 0.6) is 5.75 Å². The fourth-order valence-corrected chi connectivity index (χ4v) is 4.69. The Bertz CT molecular complexity index is 914. The van der Waals surface area contributed by atoms with E-state index in [2.05, 4.69) is 27.2 Å². The van der Waals surface area contributed by atoms with Gasteiger partial charge in [0, 0.05) is 25.6 Å². The maximum atomic E-state index is 13.9. The van der Waals surface area contributed by atoms with Gasteiger partial charge in [-0.2, -0.15) is 4.98 Å². The average Bonchev–Trinajstić information content (AvgIpc) is 3.11. The van der Waals surface area contributed by atoms with Gasteiger partial charge in [-0.1, -0.05) is 24.3 Å². The number of likely N-dealkylation sites (tertiary alicyclic amines) is 1. The third kappa shape index (κ3) is 3.64. The van der Waals surface area contributed by atoms with Crippen LogP contribution < -0.4 is 5.32 Å². The van der Waals surface area contributed by atoms with E-state index in [9.17, 15) is 9.50 Å². The number of hydrogen-bond acceptors (Lipinski definition) is 6. The van der Waals surface area contributed by atoms with Crippen molar-refractivity contribution in [1.29, 1.82) is 0 Å². The number of rotatable bonds is 4. The fraction of sp³-hybridized carbons (Fsp3) is 0.474. The third-order valence-electron chi connectivity index (χ3n) is 4.98. The quantitative estimate of drug-likeness (QED) is 0.713. The number of hydrogen-bond donors (Lipinski definition) is 2. The molecule has 8 heteroatoms. The Balaban J connectivity index is 1.56. The molecule has 3 heterocycles. The first-order valence-electron chi connectivity index (χ1n) is 9.22. The summed E-state index contributed by atoms with van der Waals surface area (Å²) in [5, 5.41) is 19.0. The molecule has 144 valence electrons. The molecule has 0 radical (unpaired) electrons. The number of aryl methyl sites for hydroxylation is 2. The molecular weight excluding hydrogens is 365 g/mol. The standard InChI is InChI=1S/C19H24FN5OS/c1-4-24-8-13(20)7-14(9-24)21-19-22-18-16(27-19)10-25(23-18)17-12(3)5-11(2)6-15(17)26/h5-6,10,13-14,26H,4,7-9H2,1-3H3,(H,21,22,23)/t13-,14-/m1/s1. The Hall–Kier alpha value is -2.19. The average molecular weight is 390 g/mol. The molecule has 0 bridgehead atoms. The number of phenolic OH excluding ortho intramolecular Hbond substituents is 1. The zero-order valence-electron chi connectivity index (χ0n) is 15.7. The third-order valence-corrected chi connectivity index (χ3v) is 5.89. The second-order valence-electron chi connectivity index (χ2n) is 7.26. The molecule has 2 N–H and O–H groups in total. The van der Waals surface area contributed by atoms with Crippen LogP contribution in [0.25, 0.3) is 16.0 Å². The van der Waals surface area contributed by atoms with Crippen molar-refractivity contribution < 1.29 is 9.50 Å². The summed E-state index contributed by atoms with van der Waals surface area (Å²) in [7, 11) is 0. The van der Waals surface area contributed by atoms with E-state index < -0.39 is 6.17 Å². The molecule has 3 aromatic rings. The number of fused-ring (bicyclic) bond motifs is 1. The van der Waals surface area contributed by atoms with Gasteiger partial charge in [0.1, 0.15) is 17.6 Å². The van der Waals surface area contributed by atoms with Crippen LogP contribution in [0.3, 0.4) is 0 Å². The molecule has 1 aromatic carbocycles. The highest BCUT2D eigenvalue weighted by molar-refractivity contribution is 7.22. The SMILES string of the molecule is CCN1C[C@H](F)C[C@@H](Nc2nc3nn(-c4c(C)cc(C)cc4O)cc3s2)C1. The van der Waals surface area contributed by atoms with E-state index in [1.165, 1.54) is 11.3 Å². The number of thiazole rings is 1. The number of nitrogens with zero attached hydrogens (tertiary/aromatic N) is 4. The summed E-state index contributed by atoms with van der Waals surface area (Å²) < 4.78 is 16.5. The number of aromatic nitrogens is 3. The van der Waals surface area contributed by atoms with Gasteiger partial charge in [-0.25, -0.2) is 9.07 Å². The number of likely N-dealkylation sites (N-methyl/N-ethyl adjacent to an activating group) is 1. The van der Waals surface area contributed by atoms with Crippen molar-refractivity contribution in [3.8, 4) is 11.4 Å². The molecule has 2 atom stereocenters. The molecule has 0 amide bonds. The van der Waals surface area contributed by atoms with Gasteiger partial charge in [-0.3, -0.25) is 4.90 Å². The van der Waals surface area contributed by atoms with E-state index in [-0.39, 0.29) is 11.8 Å². The van der Waals surface area contributed by atoms with E-state index in [0.29, 0.717) is 24.3 Å². The monoisotopic (exact) mass is 389 g/mol. The summed E-state index contributed by atoms with van der Waals surface area (Å²) in [6.07, 6.45) is 1.58. The number of benzene rings is 1. The summed E-state index contributed by atoms with van der Waals surface area (Å²) in [6.45, 7) is 8.15. The smallest absolute Gasteiger partial charge is 0.194 e. The van der Waals surface area contributed by atoms with Crippen molar-refractivity contribution in [3.63, 3.8) is 0 Å². The van der Waals surface area contributed by atoms with Crippen LogP contribution in [-0.4, -0.2) is 56.6 Å². The lowest BCUT2D eigenvalue weighted by Crippen LogP contribution is -2.47. The second kappa shape index (κ2) is 7.09. The molecule has 27 heavy (non-hydrogen) atoms. The van der Waals surface area contributed by atoms with Crippen LogP contribution in [0.2, 0.25) is 0 Å². The molecule has 2 aromatic heterocycles. The van der Waals surface area contributed by atoms with Crippen molar-refractivity contribution in [2.75, 3.05) is 25.0 Å². The van der Waals surface area contributed by atoms with Crippen molar-refractivity contribution in [1.82, 2.24) is 19.7 Å². The number of halogens is 1. The maximum Gasteiger partial charge on any atom is 0.194 e. The first kappa shape index (κ1) is 18.2. The fourth-order valence-electron chi connectivity index (χ4n) is 3.80. The number of aromatic hydroxyl groups is 1. The zero-order chi connectivity index (χ0) is 19.1. The van der Waals surface area contributed by atoms with Crippen molar-refractivity contribution in [2.45, 2.75) is 39.4 Å². The van der Waals surface area contributed by atoms with Gasteiger partial charge in [-0.05, 0) is 37.6 Å².